The largest absolute Gasteiger partial charge is 0.379 e. The highest BCUT2D eigenvalue weighted by molar-refractivity contribution is 4.89. The van der Waals surface area contributed by atoms with Crippen molar-refractivity contribution < 1.29 is 4.74 Å². The molecule has 0 amide bonds. The maximum Gasteiger partial charge on any atom is 0.0681 e. The Morgan fingerprint density at radius 1 is 1.58 bits per heavy atom. The van der Waals surface area contributed by atoms with Crippen molar-refractivity contribution in [1.29, 1.82) is 0 Å². The Labute approximate surface area is 74.0 Å². The lowest BCUT2D eigenvalue weighted by atomic mass is 9.93. The Hall–Kier alpha value is -0.160. The molecule has 0 aromatic carbocycles. The Balaban J connectivity index is 2.48. The van der Waals surface area contributed by atoms with Gasteiger partial charge in [0, 0.05) is 27.2 Å². The van der Waals surface area contributed by atoms with Crippen LogP contribution < -0.4 is 11.2 Å². The van der Waals surface area contributed by atoms with Crippen LogP contribution in [-0.2, 0) is 4.74 Å². The molecule has 1 fully saturated rings. The van der Waals surface area contributed by atoms with Gasteiger partial charge in [0.15, 0.2) is 0 Å². The predicted molar refractivity (Wildman–Crippen MR) is 48.7 cm³/mol. The molecule has 12 heavy (non-hydrogen) atoms. The number of hydrogen-bond donors (Lipinski definition) is 2. The minimum atomic E-state index is -0.0260. The highest BCUT2D eigenvalue weighted by Crippen LogP contribution is 2.17. The van der Waals surface area contributed by atoms with E-state index >= 15 is 0 Å². The van der Waals surface area contributed by atoms with Gasteiger partial charge >= 0.3 is 0 Å². The topological polar surface area (TPSA) is 50.5 Å². The number of nitrogens with zero attached hydrogens (tertiary/aromatic N) is 1. The van der Waals surface area contributed by atoms with Crippen LogP contribution in [0.5, 0.6) is 0 Å². The maximum absolute atomic E-state index is 5.72. The lowest BCUT2D eigenvalue weighted by molar-refractivity contribution is -0.00564. The van der Waals surface area contributed by atoms with E-state index < -0.39 is 0 Å². The van der Waals surface area contributed by atoms with E-state index in [0.717, 1.165) is 26.1 Å². The first kappa shape index (κ1) is 9.92. The minimum Gasteiger partial charge on any atom is -0.379 e. The SMILES string of the molecule is CN(C)NC1(CN)CCCOC1. The Morgan fingerprint density at radius 3 is 2.75 bits per heavy atom. The summed E-state index contributed by atoms with van der Waals surface area (Å²) in [7, 11) is 3.96. The zero-order chi connectivity index (χ0) is 9.03. The van der Waals surface area contributed by atoms with Crippen molar-refractivity contribution in [2.24, 2.45) is 5.73 Å². The van der Waals surface area contributed by atoms with E-state index in [0.29, 0.717) is 6.54 Å². The van der Waals surface area contributed by atoms with Crippen LogP contribution in [0.2, 0.25) is 0 Å². The second kappa shape index (κ2) is 4.18. The van der Waals surface area contributed by atoms with Crippen LogP contribution in [-0.4, -0.2) is 44.4 Å². The predicted octanol–water partition coefficient (Wildman–Crippen LogP) is -0.439. The van der Waals surface area contributed by atoms with E-state index in [1.165, 1.54) is 0 Å². The van der Waals surface area contributed by atoms with Crippen molar-refractivity contribution in [2.75, 3.05) is 33.9 Å². The standard InChI is InChI=1S/C8H19N3O/c1-11(2)10-8(6-9)4-3-5-12-7-8/h10H,3-7,9H2,1-2H3. The molecule has 0 bridgehead atoms. The summed E-state index contributed by atoms with van der Waals surface area (Å²) < 4.78 is 5.41. The molecule has 0 aromatic heterocycles. The summed E-state index contributed by atoms with van der Waals surface area (Å²) in [5.41, 5.74) is 9.02. The molecule has 0 spiro atoms. The summed E-state index contributed by atoms with van der Waals surface area (Å²) in [5.74, 6) is 0. The molecule has 0 saturated carbocycles. The average Bonchev–Trinajstić information content (AvgIpc) is 2.05. The first-order valence-electron chi connectivity index (χ1n) is 4.41. The fraction of sp³-hybridized carbons (Fsp3) is 1.00. The first-order valence-corrected chi connectivity index (χ1v) is 4.41. The van der Waals surface area contributed by atoms with Gasteiger partial charge in [-0.3, -0.25) is 0 Å². The normalized spacial score (nSPS) is 31.0. The molecule has 72 valence electrons. The molecule has 1 heterocycles. The summed E-state index contributed by atoms with van der Waals surface area (Å²) in [4.78, 5) is 0. The Kier molecular flexibility index (Phi) is 3.46. The zero-order valence-electron chi connectivity index (χ0n) is 7.97. The van der Waals surface area contributed by atoms with Crippen LogP contribution in [0.1, 0.15) is 12.8 Å². The van der Waals surface area contributed by atoms with E-state index in [1.54, 1.807) is 0 Å². The number of nitrogens with two attached hydrogens (primary N) is 1. The second-order valence-electron chi connectivity index (χ2n) is 3.65. The number of ether oxygens (including phenoxy) is 1. The molecular weight excluding hydrogens is 154 g/mol. The summed E-state index contributed by atoms with van der Waals surface area (Å²) >= 11 is 0. The number of hydrogen-bond acceptors (Lipinski definition) is 4. The van der Waals surface area contributed by atoms with Crippen LogP contribution in [0.15, 0.2) is 0 Å². The molecule has 1 aliphatic heterocycles. The van der Waals surface area contributed by atoms with E-state index in [-0.39, 0.29) is 5.54 Å². The van der Waals surface area contributed by atoms with Gasteiger partial charge in [-0.15, -0.1) is 0 Å². The maximum atomic E-state index is 5.72. The quantitative estimate of drug-likeness (QED) is 0.568. The van der Waals surface area contributed by atoms with Crippen LogP contribution >= 0.6 is 0 Å². The van der Waals surface area contributed by atoms with Crippen LogP contribution in [0, 0.1) is 0 Å². The highest BCUT2D eigenvalue weighted by atomic mass is 16.5. The zero-order valence-corrected chi connectivity index (χ0v) is 7.97. The smallest absolute Gasteiger partial charge is 0.0681 e. The molecule has 1 aliphatic rings. The summed E-state index contributed by atoms with van der Waals surface area (Å²) in [6.45, 7) is 2.23. The molecule has 0 radical (unpaired) electrons. The van der Waals surface area contributed by atoms with Crippen LogP contribution in [0.3, 0.4) is 0 Å². The lowest BCUT2D eigenvalue weighted by Gasteiger charge is -2.38. The number of rotatable bonds is 3. The van der Waals surface area contributed by atoms with Gasteiger partial charge < -0.3 is 10.5 Å². The Morgan fingerprint density at radius 2 is 2.33 bits per heavy atom. The number of nitrogens with one attached hydrogen (secondary N) is 1. The molecule has 0 aromatic rings. The van der Waals surface area contributed by atoms with Crippen LogP contribution in [0.25, 0.3) is 0 Å². The van der Waals surface area contributed by atoms with Crippen molar-refractivity contribution in [2.45, 2.75) is 18.4 Å². The van der Waals surface area contributed by atoms with Gasteiger partial charge in [0.1, 0.15) is 0 Å². The molecule has 4 nitrogen and oxygen atoms in total. The van der Waals surface area contributed by atoms with E-state index in [4.69, 9.17) is 10.5 Å². The first-order chi connectivity index (χ1) is 5.68. The van der Waals surface area contributed by atoms with Crippen molar-refractivity contribution in [3.05, 3.63) is 0 Å². The van der Waals surface area contributed by atoms with Gasteiger partial charge in [-0.1, -0.05) is 0 Å². The third kappa shape index (κ3) is 2.42. The monoisotopic (exact) mass is 173 g/mol. The van der Waals surface area contributed by atoms with E-state index in [1.807, 2.05) is 19.1 Å². The third-order valence-corrected chi connectivity index (χ3v) is 2.17. The summed E-state index contributed by atoms with van der Waals surface area (Å²) in [6, 6.07) is 0. The van der Waals surface area contributed by atoms with Gasteiger partial charge in [0.2, 0.25) is 0 Å². The van der Waals surface area contributed by atoms with Gasteiger partial charge in [0.05, 0.1) is 12.1 Å². The molecule has 0 aliphatic carbocycles. The average molecular weight is 173 g/mol. The molecular formula is C8H19N3O. The van der Waals surface area contributed by atoms with Crippen molar-refractivity contribution in [3.8, 4) is 0 Å². The molecule has 4 heteroatoms. The van der Waals surface area contributed by atoms with Crippen molar-refractivity contribution in [3.63, 3.8) is 0 Å². The molecule has 3 N–H and O–H groups in total. The summed E-state index contributed by atoms with van der Waals surface area (Å²) in [5, 5.41) is 1.95. The third-order valence-electron chi connectivity index (χ3n) is 2.17. The molecule has 1 saturated heterocycles. The van der Waals surface area contributed by atoms with Gasteiger partial charge in [-0.2, -0.15) is 0 Å². The van der Waals surface area contributed by atoms with Gasteiger partial charge in [-0.25, -0.2) is 10.4 Å². The molecule has 1 rings (SSSR count). The molecule has 1 unspecified atom stereocenters. The van der Waals surface area contributed by atoms with Gasteiger partial charge in [-0.05, 0) is 12.8 Å². The number of hydrazine groups is 1. The van der Waals surface area contributed by atoms with Crippen molar-refractivity contribution in [1.82, 2.24) is 10.4 Å². The van der Waals surface area contributed by atoms with E-state index in [9.17, 15) is 0 Å². The lowest BCUT2D eigenvalue weighted by Crippen LogP contribution is -2.60. The highest BCUT2D eigenvalue weighted by Gasteiger charge is 2.31. The fourth-order valence-corrected chi connectivity index (χ4v) is 1.62. The summed E-state index contributed by atoms with van der Waals surface area (Å²) in [6.07, 6.45) is 2.19. The second-order valence-corrected chi connectivity index (χ2v) is 3.65. The fourth-order valence-electron chi connectivity index (χ4n) is 1.62. The van der Waals surface area contributed by atoms with Crippen molar-refractivity contribution >= 4 is 0 Å². The Bertz CT molecular complexity index is 132. The molecule has 1 atom stereocenters. The van der Waals surface area contributed by atoms with Gasteiger partial charge in [0.25, 0.3) is 0 Å². The van der Waals surface area contributed by atoms with E-state index in [2.05, 4.69) is 5.43 Å². The van der Waals surface area contributed by atoms with Crippen LogP contribution in [0.4, 0.5) is 0 Å². The minimum absolute atomic E-state index is 0.0260.